The molecular formula is C17H18N2O2. The van der Waals surface area contributed by atoms with Crippen molar-refractivity contribution in [1.82, 2.24) is 9.55 Å². The Kier molecular flexibility index (Phi) is 3.29. The molecule has 0 radical (unpaired) electrons. The average Bonchev–Trinajstić information content (AvgIpc) is 2.74. The summed E-state index contributed by atoms with van der Waals surface area (Å²) in [6.45, 7) is 6.63. The van der Waals surface area contributed by atoms with Crippen molar-refractivity contribution in [3.05, 3.63) is 58.0 Å². The van der Waals surface area contributed by atoms with Gasteiger partial charge in [-0.05, 0) is 56.2 Å². The minimum absolute atomic E-state index is 0.107. The largest absolute Gasteiger partial charge is 0.455 e. The van der Waals surface area contributed by atoms with Crippen LogP contribution >= 0.6 is 0 Å². The highest BCUT2D eigenvalue weighted by Crippen LogP contribution is 2.29. The van der Waals surface area contributed by atoms with Crippen molar-refractivity contribution >= 4 is 11.0 Å². The molecule has 0 fully saturated rings. The Morgan fingerprint density at radius 1 is 1.14 bits per heavy atom. The van der Waals surface area contributed by atoms with Crippen LogP contribution in [0, 0.1) is 13.8 Å². The summed E-state index contributed by atoms with van der Waals surface area (Å²) in [5, 5.41) is 0. The molecule has 108 valence electrons. The normalized spacial score (nSPS) is 11.0. The van der Waals surface area contributed by atoms with Crippen LogP contribution in [0.1, 0.15) is 18.1 Å². The minimum Gasteiger partial charge on any atom is -0.455 e. The quantitative estimate of drug-likeness (QED) is 0.795. The molecule has 0 atom stereocenters. The maximum absolute atomic E-state index is 11.9. The van der Waals surface area contributed by atoms with E-state index in [1.165, 1.54) is 0 Å². The van der Waals surface area contributed by atoms with Crippen molar-refractivity contribution in [2.75, 3.05) is 0 Å². The molecule has 4 heteroatoms. The zero-order valence-corrected chi connectivity index (χ0v) is 12.4. The third kappa shape index (κ3) is 2.44. The van der Waals surface area contributed by atoms with E-state index < -0.39 is 0 Å². The molecule has 0 spiro atoms. The van der Waals surface area contributed by atoms with Crippen molar-refractivity contribution in [3.8, 4) is 11.5 Å². The average molecular weight is 282 g/mol. The number of aromatic nitrogens is 2. The molecule has 0 unspecified atom stereocenters. The van der Waals surface area contributed by atoms with Crippen molar-refractivity contribution in [2.45, 2.75) is 27.3 Å². The number of fused-ring (bicyclic) bond motifs is 1. The fourth-order valence-corrected chi connectivity index (χ4v) is 2.69. The highest BCUT2D eigenvalue weighted by Gasteiger charge is 2.11. The molecule has 0 saturated carbocycles. The van der Waals surface area contributed by atoms with Crippen molar-refractivity contribution in [2.24, 2.45) is 0 Å². The molecular weight excluding hydrogens is 264 g/mol. The Hall–Kier alpha value is -2.49. The third-order valence-electron chi connectivity index (χ3n) is 3.49. The number of aromatic amines is 1. The first-order chi connectivity index (χ1) is 10.1. The van der Waals surface area contributed by atoms with Gasteiger partial charge in [-0.15, -0.1) is 0 Å². The maximum Gasteiger partial charge on any atom is 0.326 e. The van der Waals surface area contributed by atoms with Gasteiger partial charge in [0.25, 0.3) is 0 Å². The maximum atomic E-state index is 11.9. The number of aryl methyl sites for hydroxylation is 3. The Morgan fingerprint density at radius 2 is 1.86 bits per heavy atom. The van der Waals surface area contributed by atoms with Crippen LogP contribution in [0.3, 0.4) is 0 Å². The Morgan fingerprint density at radius 3 is 2.52 bits per heavy atom. The number of nitrogens with one attached hydrogen (secondary N) is 1. The van der Waals surface area contributed by atoms with E-state index in [0.717, 1.165) is 27.9 Å². The van der Waals surface area contributed by atoms with Crippen LogP contribution in [0.25, 0.3) is 11.0 Å². The molecule has 0 aliphatic carbocycles. The molecule has 0 aliphatic heterocycles. The van der Waals surface area contributed by atoms with E-state index in [1.54, 1.807) is 4.57 Å². The molecule has 21 heavy (non-hydrogen) atoms. The van der Waals surface area contributed by atoms with Crippen LogP contribution in [0.2, 0.25) is 0 Å². The van der Waals surface area contributed by atoms with Crippen LogP contribution in [0.5, 0.6) is 11.5 Å². The van der Waals surface area contributed by atoms with Crippen LogP contribution in [-0.2, 0) is 6.54 Å². The van der Waals surface area contributed by atoms with E-state index in [-0.39, 0.29) is 5.69 Å². The van der Waals surface area contributed by atoms with E-state index >= 15 is 0 Å². The summed E-state index contributed by atoms with van der Waals surface area (Å²) in [4.78, 5) is 14.8. The summed E-state index contributed by atoms with van der Waals surface area (Å²) in [6.07, 6.45) is 0. The first-order valence-electron chi connectivity index (χ1n) is 7.06. The fourth-order valence-electron chi connectivity index (χ4n) is 2.69. The van der Waals surface area contributed by atoms with Crippen molar-refractivity contribution < 1.29 is 4.74 Å². The van der Waals surface area contributed by atoms with Crippen LogP contribution in [-0.4, -0.2) is 9.55 Å². The predicted molar refractivity (Wildman–Crippen MR) is 84.2 cm³/mol. The van der Waals surface area contributed by atoms with Gasteiger partial charge in [0.1, 0.15) is 11.3 Å². The number of rotatable bonds is 3. The second-order valence-electron chi connectivity index (χ2n) is 5.25. The molecule has 0 saturated heterocycles. The predicted octanol–water partition coefficient (Wildman–Crippen LogP) is 3.76. The first-order valence-corrected chi connectivity index (χ1v) is 7.06. The number of imidazole rings is 1. The number of H-pyrrole nitrogens is 1. The minimum atomic E-state index is -0.107. The van der Waals surface area contributed by atoms with Gasteiger partial charge in [0.05, 0.1) is 5.52 Å². The molecule has 2 aromatic carbocycles. The third-order valence-corrected chi connectivity index (χ3v) is 3.49. The Bertz CT molecular complexity index is 839. The summed E-state index contributed by atoms with van der Waals surface area (Å²) in [6, 6.07) is 11.7. The first kappa shape index (κ1) is 13.5. The van der Waals surface area contributed by atoms with Gasteiger partial charge in [0, 0.05) is 6.54 Å². The van der Waals surface area contributed by atoms with Gasteiger partial charge >= 0.3 is 5.69 Å². The van der Waals surface area contributed by atoms with Crippen LogP contribution < -0.4 is 10.4 Å². The zero-order valence-electron chi connectivity index (χ0n) is 12.4. The summed E-state index contributed by atoms with van der Waals surface area (Å²) >= 11 is 0. The number of hydrogen-bond acceptors (Lipinski definition) is 2. The lowest BCUT2D eigenvalue weighted by Crippen LogP contribution is -2.15. The molecule has 3 rings (SSSR count). The molecule has 0 amide bonds. The number of hydrogen-bond donors (Lipinski definition) is 1. The smallest absolute Gasteiger partial charge is 0.326 e. The summed E-state index contributed by atoms with van der Waals surface area (Å²) in [7, 11) is 0. The zero-order chi connectivity index (χ0) is 15.0. The van der Waals surface area contributed by atoms with Gasteiger partial charge in [-0.25, -0.2) is 4.79 Å². The molecule has 1 N–H and O–H groups in total. The second-order valence-corrected chi connectivity index (χ2v) is 5.25. The van der Waals surface area contributed by atoms with Gasteiger partial charge in [-0.3, -0.25) is 4.57 Å². The fraction of sp³-hybridized carbons (Fsp3) is 0.235. The van der Waals surface area contributed by atoms with E-state index in [0.29, 0.717) is 12.3 Å². The topological polar surface area (TPSA) is 47.0 Å². The molecule has 0 bridgehead atoms. The number of benzene rings is 2. The van der Waals surface area contributed by atoms with Gasteiger partial charge in [-0.2, -0.15) is 0 Å². The van der Waals surface area contributed by atoms with Crippen LogP contribution in [0.4, 0.5) is 0 Å². The molecule has 3 aromatic rings. The van der Waals surface area contributed by atoms with Gasteiger partial charge in [-0.1, -0.05) is 12.1 Å². The Balaban J connectivity index is 2.14. The lowest BCUT2D eigenvalue weighted by Gasteiger charge is -2.10. The molecule has 4 nitrogen and oxygen atoms in total. The standard InChI is InChI=1S/C17H18N2O2/c1-4-19-16-14(18-17(19)20)6-5-7-15(16)21-13-9-11(2)8-12(3)10-13/h5-10H,4H2,1-3H3,(H,18,20). The SMILES string of the molecule is CCn1c(=O)[nH]c2cccc(Oc3cc(C)cc(C)c3)c21. The van der Waals surface area contributed by atoms with E-state index in [4.69, 9.17) is 4.74 Å². The highest BCUT2D eigenvalue weighted by atomic mass is 16.5. The van der Waals surface area contributed by atoms with Crippen molar-refractivity contribution in [3.63, 3.8) is 0 Å². The van der Waals surface area contributed by atoms with Gasteiger partial charge in [0.15, 0.2) is 5.75 Å². The lowest BCUT2D eigenvalue weighted by molar-refractivity contribution is 0.484. The van der Waals surface area contributed by atoms with Crippen LogP contribution in [0.15, 0.2) is 41.2 Å². The highest BCUT2D eigenvalue weighted by molar-refractivity contribution is 5.82. The van der Waals surface area contributed by atoms with Gasteiger partial charge < -0.3 is 9.72 Å². The van der Waals surface area contributed by atoms with Gasteiger partial charge in [0.2, 0.25) is 0 Å². The second kappa shape index (κ2) is 5.13. The van der Waals surface area contributed by atoms with E-state index in [1.807, 2.05) is 51.1 Å². The summed E-state index contributed by atoms with van der Waals surface area (Å²) < 4.78 is 7.72. The summed E-state index contributed by atoms with van der Waals surface area (Å²) in [5.41, 5.74) is 3.80. The Labute approximate surface area is 123 Å². The lowest BCUT2D eigenvalue weighted by atomic mass is 10.1. The van der Waals surface area contributed by atoms with E-state index in [9.17, 15) is 4.79 Å². The number of para-hydroxylation sites is 1. The number of ether oxygens (including phenoxy) is 1. The van der Waals surface area contributed by atoms with E-state index in [2.05, 4.69) is 11.1 Å². The molecule has 1 heterocycles. The molecule has 1 aromatic heterocycles. The summed E-state index contributed by atoms with van der Waals surface area (Å²) in [5.74, 6) is 1.48. The number of nitrogens with zero attached hydrogens (tertiary/aromatic N) is 1. The van der Waals surface area contributed by atoms with Crippen molar-refractivity contribution in [1.29, 1.82) is 0 Å². The monoisotopic (exact) mass is 282 g/mol. The molecule has 0 aliphatic rings.